The molecule has 0 aliphatic rings. The van der Waals surface area contributed by atoms with Crippen LogP contribution in [-0.4, -0.2) is 13.7 Å². The van der Waals surface area contributed by atoms with Gasteiger partial charge in [-0.05, 0) is 83.9 Å². The van der Waals surface area contributed by atoms with Gasteiger partial charge in [0.1, 0.15) is 0 Å². The molecule has 7 aromatic carbocycles. The van der Waals surface area contributed by atoms with Crippen molar-refractivity contribution in [1.29, 1.82) is 0 Å². The van der Waals surface area contributed by atoms with Gasteiger partial charge in [0.25, 0.3) is 0 Å². The van der Waals surface area contributed by atoms with Crippen molar-refractivity contribution in [2.75, 3.05) is 0 Å². The molecule has 3 nitrogen and oxygen atoms in total. The van der Waals surface area contributed by atoms with Crippen molar-refractivity contribution in [2.45, 2.75) is 0 Å². The van der Waals surface area contributed by atoms with Gasteiger partial charge in [0.15, 0.2) is 0 Å². The Morgan fingerprint density at radius 3 is 1.33 bits per heavy atom. The van der Waals surface area contributed by atoms with E-state index in [2.05, 4.69) is 178 Å². The first kappa shape index (κ1) is 25.3. The van der Waals surface area contributed by atoms with E-state index in [9.17, 15) is 0 Å². The first-order valence-electron chi connectivity index (χ1n) is 15.8. The minimum atomic E-state index is 1.18. The van der Waals surface area contributed by atoms with Gasteiger partial charge in [-0.15, -0.1) is 0 Å². The number of hydrogen-bond donors (Lipinski definition) is 0. The maximum absolute atomic E-state index is 2.42. The number of fused-ring (bicyclic) bond motifs is 9. The summed E-state index contributed by atoms with van der Waals surface area (Å²) < 4.78 is 7.09. The van der Waals surface area contributed by atoms with E-state index in [4.69, 9.17) is 0 Å². The molecular formula is C43H29N3. The zero-order valence-corrected chi connectivity index (χ0v) is 25.4. The molecule has 0 radical (unpaired) electrons. The van der Waals surface area contributed by atoms with Crippen molar-refractivity contribution in [1.82, 2.24) is 13.7 Å². The molecule has 10 aromatic rings. The molecule has 3 heteroatoms. The van der Waals surface area contributed by atoms with Crippen LogP contribution in [0.2, 0.25) is 0 Å². The van der Waals surface area contributed by atoms with E-state index < -0.39 is 0 Å². The summed E-state index contributed by atoms with van der Waals surface area (Å²) in [5, 5.41) is 7.62. The van der Waals surface area contributed by atoms with E-state index in [0.29, 0.717) is 0 Å². The number of rotatable bonds is 3. The number of para-hydroxylation sites is 4. The molecule has 0 fully saturated rings. The second-order valence-corrected chi connectivity index (χ2v) is 12.3. The maximum atomic E-state index is 2.42. The van der Waals surface area contributed by atoms with Crippen LogP contribution in [0.1, 0.15) is 0 Å². The highest BCUT2D eigenvalue weighted by Gasteiger charge is 2.17. The Kier molecular flexibility index (Phi) is 5.20. The Morgan fingerprint density at radius 1 is 0.304 bits per heavy atom. The van der Waals surface area contributed by atoms with E-state index in [1.54, 1.807) is 0 Å². The number of nitrogens with zero attached hydrogens (tertiary/aromatic N) is 3. The summed E-state index contributed by atoms with van der Waals surface area (Å²) in [6, 6.07) is 57.6. The van der Waals surface area contributed by atoms with Crippen LogP contribution in [0.3, 0.4) is 0 Å². The van der Waals surface area contributed by atoms with E-state index in [1.165, 1.54) is 87.9 Å². The second kappa shape index (κ2) is 9.47. The zero-order chi connectivity index (χ0) is 30.4. The van der Waals surface area contributed by atoms with Crippen molar-refractivity contribution in [3.05, 3.63) is 158 Å². The van der Waals surface area contributed by atoms with Gasteiger partial charge in [0, 0.05) is 61.8 Å². The molecule has 10 rings (SSSR count). The van der Waals surface area contributed by atoms with Gasteiger partial charge in [0.2, 0.25) is 0 Å². The Labute approximate surface area is 265 Å². The molecule has 0 saturated heterocycles. The highest BCUT2D eigenvalue weighted by atomic mass is 15.0. The van der Waals surface area contributed by atoms with Crippen molar-refractivity contribution in [2.24, 2.45) is 7.05 Å². The monoisotopic (exact) mass is 587 g/mol. The lowest BCUT2D eigenvalue weighted by molar-refractivity contribution is 1.01. The first-order chi connectivity index (χ1) is 22.7. The fourth-order valence-corrected chi connectivity index (χ4v) is 7.73. The van der Waals surface area contributed by atoms with E-state index in [0.717, 1.165) is 0 Å². The van der Waals surface area contributed by atoms with Crippen LogP contribution >= 0.6 is 0 Å². The molecule has 0 unspecified atom stereocenters. The number of hydrogen-bond acceptors (Lipinski definition) is 0. The molecular weight excluding hydrogens is 558 g/mol. The highest BCUT2D eigenvalue weighted by Crippen LogP contribution is 2.39. The summed E-state index contributed by atoms with van der Waals surface area (Å²) in [4.78, 5) is 0. The molecule has 0 aliphatic carbocycles. The summed E-state index contributed by atoms with van der Waals surface area (Å²) in [6.45, 7) is 0. The van der Waals surface area contributed by atoms with Crippen LogP contribution in [0, 0.1) is 0 Å². The van der Waals surface area contributed by atoms with E-state index in [-0.39, 0.29) is 0 Å². The topological polar surface area (TPSA) is 14.8 Å². The molecule has 0 spiro atoms. The number of aryl methyl sites for hydroxylation is 1. The molecule has 216 valence electrons. The predicted octanol–water partition coefficient (Wildman–Crippen LogP) is 11.2. The van der Waals surface area contributed by atoms with Gasteiger partial charge in [-0.25, -0.2) is 0 Å². The fourth-order valence-electron chi connectivity index (χ4n) is 7.73. The molecule has 46 heavy (non-hydrogen) atoms. The highest BCUT2D eigenvalue weighted by molar-refractivity contribution is 6.13. The zero-order valence-electron chi connectivity index (χ0n) is 25.4. The fraction of sp³-hybridized carbons (Fsp3) is 0.0233. The summed E-state index contributed by atoms with van der Waals surface area (Å²) in [7, 11) is 2.16. The summed E-state index contributed by atoms with van der Waals surface area (Å²) in [6.07, 6.45) is 0. The number of aromatic nitrogens is 3. The summed E-state index contributed by atoms with van der Waals surface area (Å²) in [5.74, 6) is 0. The molecule has 0 N–H and O–H groups in total. The number of benzene rings is 7. The standard InChI is InChI=1S/C43H29N3/c1-44-38-16-8-5-13-32(38)37-27-31(21-24-39(37)44)46-41-18-10-7-15-34(41)36-26-29(20-23-43(36)46)28-19-22-42-35(25-28)33-14-6-9-17-40(33)45(42)30-11-3-2-4-12-30/h2-27H,1H3. The first-order valence-corrected chi connectivity index (χ1v) is 15.8. The molecule has 0 amide bonds. The van der Waals surface area contributed by atoms with Crippen LogP contribution in [-0.2, 0) is 7.05 Å². The Balaban J connectivity index is 1.18. The lowest BCUT2D eigenvalue weighted by atomic mass is 10.0. The van der Waals surface area contributed by atoms with Crippen LogP contribution in [0.25, 0.3) is 87.9 Å². The average Bonchev–Trinajstić information content (AvgIpc) is 3.73. The van der Waals surface area contributed by atoms with Crippen molar-refractivity contribution in [3.8, 4) is 22.5 Å². The Bertz CT molecular complexity index is 2810. The van der Waals surface area contributed by atoms with Crippen molar-refractivity contribution < 1.29 is 0 Å². The largest absolute Gasteiger partial charge is 0.344 e. The van der Waals surface area contributed by atoms with Gasteiger partial charge in [-0.1, -0.05) is 84.9 Å². The average molecular weight is 588 g/mol. The van der Waals surface area contributed by atoms with E-state index >= 15 is 0 Å². The SMILES string of the molecule is Cn1c2ccccc2c2cc(-n3c4ccccc4c4cc(-c5ccc6c(c5)c5ccccc5n6-c5ccccc5)ccc43)ccc21. The normalized spacial score (nSPS) is 12.0. The smallest absolute Gasteiger partial charge is 0.0541 e. The molecule has 0 bridgehead atoms. The van der Waals surface area contributed by atoms with Crippen molar-refractivity contribution >= 4 is 65.4 Å². The van der Waals surface area contributed by atoms with Crippen LogP contribution in [0.15, 0.2) is 158 Å². The molecule has 0 saturated carbocycles. The van der Waals surface area contributed by atoms with Gasteiger partial charge in [-0.3, -0.25) is 0 Å². The Hall–Kier alpha value is -6.06. The molecule has 0 atom stereocenters. The maximum Gasteiger partial charge on any atom is 0.0541 e. The van der Waals surface area contributed by atoms with Gasteiger partial charge < -0.3 is 13.7 Å². The van der Waals surface area contributed by atoms with Crippen LogP contribution < -0.4 is 0 Å². The van der Waals surface area contributed by atoms with Crippen LogP contribution in [0.4, 0.5) is 0 Å². The third-order valence-corrected chi connectivity index (χ3v) is 9.85. The lowest BCUT2D eigenvalue weighted by Gasteiger charge is -2.10. The van der Waals surface area contributed by atoms with Crippen LogP contribution in [0.5, 0.6) is 0 Å². The third-order valence-electron chi connectivity index (χ3n) is 9.85. The van der Waals surface area contributed by atoms with Gasteiger partial charge >= 0.3 is 0 Å². The summed E-state index contributed by atoms with van der Waals surface area (Å²) >= 11 is 0. The molecule has 3 heterocycles. The van der Waals surface area contributed by atoms with Gasteiger partial charge in [0.05, 0.1) is 22.1 Å². The minimum Gasteiger partial charge on any atom is -0.344 e. The predicted molar refractivity (Wildman–Crippen MR) is 195 cm³/mol. The van der Waals surface area contributed by atoms with Crippen molar-refractivity contribution in [3.63, 3.8) is 0 Å². The quantitative estimate of drug-likeness (QED) is 0.195. The van der Waals surface area contributed by atoms with E-state index in [1.807, 2.05) is 0 Å². The lowest BCUT2D eigenvalue weighted by Crippen LogP contribution is -1.94. The second-order valence-electron chi connectivity index (χ2n) is 12.3. The molecule has 0 aliphatic heterocycles. The third kappa shape index (κ3) is 3.48. The minimum absolute atomic E-state index is 1.18. The van der Waals surface area contributed by atoms with Gasteiger partial charge in [-0.2, -0.15) is 0 Å². The molecule has 3 aromatic heterocycles. The summed E-state index contributed by atoms with van der Waals surface area (Å²) in [5.41, 5.74) is 12.2. The Morgan fingerprint density at radius 2 is 0.717 bits per heavy atom.